The molecule has 0 aliphatic rings. The first-order chi connectivity index (χ1) is 9.02. The van der Waals surface area contributed by atoms with Crippen LogP contribution < -0.4 is 4.74 Å². The second-order valence-electron chi connectivity index (χ2n) is 3.86. The molecule has 0 fully saturated rings. The Morgan fingerprint density at radius 1 is 1.16 bits per heavy atom. The van der Waals surface area contributed by atoms with Crippen molar-refractivity contribution in [1.82, 2.24) is 0 Å². The van der Waals surface area contributed by atoms with E-state index in [9.17, 15) is 8.78 Å². The summed E-state index contributed by atoms with van der Waals surface area (Å²) in [6, 6.07) is 8.63. The molecule has 96 valence electrons. The summed E-state index contributed by atoms with van der Waals surface area (Å²) < 4.78 is 32.4. The van der Waals surface area contributed by atoms with Gasteiger partial charge in [0.25, 0.3) is 0 Å². The molecule has 19 heavy (non-hydrogen) atoms. The summed E-state index contributed by atoms with van der Waals surface area (Å²) in [6.07, 6.45) is 0. The maximum Gasteiger partial charge on any atom is 0.181 e. The Morgan fingerprint density at radius 3 is 2.58 bits per heavy atom. The van der Waals surface area contributed by atoms with E-state index in [0.29, 0.717) is 5.56 Å². The Balaban J connectivity index is 2.42. The first-order valence-electron chi connectivity index (χ1n) is 5.35. The lowest BCUT2D eigenvalue weighted by Gasteiger charge is -2.10. The molecule has 2 aromatic rings. The molecular formula is C14H8BrF2NO. The van der Waals surface area contributed by atoms with Gasteiger partial charge in [0.15, 0.2) is 11.6 Å². The predicted octanol–water partition coefficient (Wildman–Crippen LogP) is 4.70. The Labute approximate surface area is 117 Å². The quantitative estimate of drug-likeness (QED) is 0.802. The van der Waals surface area contributed by atoms with Gasteiger partial charge in [-0.3, -0.25) is 0 Å². The number of hydrogen-bond acceptors (Lipinski definition) is 2. The molecular weight excluding hydrogens is 316 g/mol. The van der Waals surface area contributed by atoms with Crippen LogP contribution in [-0.2, 0) is 0 Å². The third kappa shape index (κ3) is 2.74. The van der Waals surface area contributed by atoms with Crippen LogP contribution in [0.15, 0.2) is 34.8 Å². The van der Waals surface area contributed by atoms with Crippen molar-refractivity contribution in [3.63, 3.8) is 0 Å². The monoisotopic (exact) mass is 323 g/mol. The van der Waals surface area contributed by atoms with Crippen LogP contribution in [0.2, 0.25) is 0 Å². The molecule has 0 aromatic heterocycles. The standard InChI is InChI=1S/C14H8BrF2NO/c1-8-2-4-10(16)6-12(8)19-11-5-3-9(7-18)13(15)14(11)17/h2-6H,1H3. The average Bonchev–Trinajstić information content (AvgIpc) is 2.39. The fraction of sp³-hybridized carbons (Fsp3) is 0.0714. The topological polar surface area (TPSA) is 33.0 Å². The molecule has 0 atom stereocenters. The van der Waals surface area contributed by atoms with Crippen molar-refractivity contribution in [2.75, 3.05) is 0 Å². The van der Waals surface area contributed by atoms with Gasteiger partial charge in [-0.05, 0) is 46.6 Å². The van der Waals surface area contributed by atoms with Crippen molar-refractivity contribution >= 4 is 15.9 Å². The molecule has 0 aliphatic heterocycles. The van der Waals surface area contributed by atoms with Gasteiger partial charge < -0.3 is 4.74 Å². The molecule has 5 heteroatoms. The smallest absolute Gasteiger partial charge is 0.181 e. The Hall–Kier alpha value is -1.93. The van der Waals surface area contributed by atoms with Gasteiger partial charge in [0.05, 0.1) is 10.0 Å². The lowest BCUT2D eigenvalue weighted by atomic mass is 10.2. The van der Waals surface area contributed by atoms with E-state index < -0.39 is 11.6 Å². The molecule has 0 heterocycles. The van der Waals surface area contributed by atoms with Crippen LogP contribution in [0.3, 0.4) is 0 Å². The number of nitrogens with zero attached hydrogens (tertiary/aromatic N) is 1. The van der Waals surface area contributed by atoms with E-state index in [1.54, 1.807) is 13.0 Å². The van der Waals surface area contributed by atoms with Crippen molar-refractivity contribution in [1.29, 1.82) is 5.26 Å². The van der Waals surface area contributed by atoms with E-state index in [-0.39, 0.29) is 21.5 Å². The van der Waals surface area contributed by atoms with Crippen LogP contribution in [0, 0.1) is 29.9 Å². The van der Waals surface area contributed by atoms with Gasteiger partial charge in [0.2, 0.25) is 0 Å². The molecule has 2 rings (SSSR count). The molecule has 0 saturated carbocycles. The molecule has 0 saturated heterocycles. The molecule has 2 aromatic carbocycles. The zero-order chi connectivity index (χ0) is 14.0. The third-order valence-corrected chi connectivity index (χ3v) is 3.31. The molecule has 0 N–H and O–H groups in total. The second-order valence-corrected chi connectivity index (χ2v) is 4.66. The summed E-state index contributed by atoms with van der Waals surface area (Å²) in [7, 11) is 0. The van der Waals surface area contributed by atoms with Gasteiger partial charge in [-0.25, -0.2) is 8.78 Å². The number of nitriles is 1. The summed E-state index contributed by atoms with van der Waals surface area (Å²) in [6.45, 7) is 1.73. The normalized spacial score (nSPS) is 10.1. The highest BCUT2D eigenvalue weighted by atomic mass is 79.9. The molecule has 0 bridgehead atoms. The van der Waals surface area contributed by atoms with Gasteiger partial charge >= 0.3 is 0 Å². The SMILES string of the molecule is Cc1ccc(F)cc1Oc1ccc(C#N)c(Br)c1F. The Kier molecular flexibility index (Phi) is 3.82. The third-order valence-electron chi connectivity index (χ3n) is 2.54. The molecule has 0 unspecified atom stereocenters. The van der Waals surface area contributed by atoms with Crippen LogP contribution in [0.4, 0.5) is 8.78 Å². The lowest BCUT2D eigenvalue weighted by molar-refractivity contribution is 0.434. The van der Waals surface area contributed by atoms with Crippen molar-refractivity contribution in [2.45, 2.75) is 6.92 Å². The molecule has 0 aliphatic carbocycles. The fourth-order valence-electron chi connectivity index (χ4n) is 1.50. The fourth-order valence-corrected chi connectivity index (χ4v) is 1.92. The zero-order valence-corrected chi connectivity index (χ0v) is 11.5. The minimum atomic E-state index is -0.692. The second kappa shape index (κ2) is 5.37. The first-order valence-corrected chi connectivity index (χ1v) is 6.14. The minimum Gasteiger partial charge on any atom is -0.454 e. The van der Waals surface area contributed by atoms with Crippen LogP contribution in [0.5, 0.6) is 11.5 Å². The van der Waals surface area contributed by atoms with Gasteiger partial charge in [0, 0.05) is 6.07 Å². The highest BCUT2D eigenvalue weighted by Crippen LogP contribution is 2.32. The molecule has 0 spiro atoms. The molecule has 2 nitrogen and oxygen atoms in total. The van der Waals surface area contributed by atoms with Crippen molar-refractivity contribution in [2.24, 2.45) is 0 Å². The predicted molar refractivity (Wildman–Crippen MR) is 70.0 cm³/mol. The van der Waals surface area contributed by atoms with E-state index in [1.165, 1.54) is 24.3 Å². The summed E-state index contributed by atoms with van der Waals surface area (Å²) in [5, 5.41) is 8.77. The van der Waals surface area contributed by atoms with Crippen LogP contribution in [-0.4, -0.2) is 0 Å². The van der Waals surface area contributed by atoms with Crippen LogP contribution in [0.1, 0.15) is 11.1 Å². The summed E-state index contributed by atoms with van der Waals surface area (Å²) in [5.74, 6) is -0.994. The van der Waals surface area contributed by atoms with E-state index in [1.807, 2.05) is 6.07 Å². The van der Waals surface area contributed by atoms with E-state index in [4.69, 9.17) is 10.00 Å². The van der Waals surface area contributed by atoms with Crippen molar-refractivity contribution in [3.05, 3.63) is 57.6 Å². The van der Waals surface area contributed by atoms with Crippen molar-refractivity contribution in [3.8, 4) is 17.6 Å². The summed E-state index contributed by atoms with van der Waals surface area (Å²) in [5.41, 5.74) is 0.849. The van der Waals surface area contributed by atoms with Crippen LogP contribution >= 0.6 is 15.9 Å². The van der Waals surface area contributed by atoms with Gasteiger partial charge in [-0.15, -0.1) is 0 Å². The van der Waals surface area contributed by atoms with Gasteiger partial charge in [-0.2, -0.15) is 5.26 Å². The van der Waals surface area contributed by atoms with Crippen molar-refractivity contribution < 1.29 is 13.5 Å². The molecule has 0 radical (unpaired) electrons. The largest absolute Gasteiger partial charge is 0.454 e. The maximum absolute atomic E-state index is 14.0. The number of benzene rings is 2. The van der Waals surface area contributed by atoms with Crippen LogP contribution in [0.25, 0.3) is 0 Å². The average molecular weight is 324 g/mol. The highest BCUT2D eigenvalue weighted by molar-refractivity contribution is 9.10. The lowest BCUT2D eigenvalue weighted by Crippen LogP contribution is -1.94. The molecule has 0 amide bonds. The first kappa shape index (κ1) is 13.5. The maximum atomic E-state index is 14.0. The summed E-state index contributed by atoms with van der Waals surface area (Å²) in [4.78, 5) is 0. The van der Waals surface area contributed by atoms with Gasteiger partial charge in [-0.1, -0.05) is 6.07 Å². The minimum absolute atomic E-state index is 0.0292. The van der Waals surface area contributed by atoms with E-state index in [0.717, 1.165) is 0 Å². The highest BCUT2D eigenvalue weighted by Gasteiger charge is 2.14. The van der Waals surface area contributed by atoms with E-state index >= 15 is 0 Å². The van der Waals surface area contributed by atoms with E-state index in [2.05, 4.69) is 15.9 Å². The number of rotatable bonds is 2. The Bertz CT molecular complexity index is 680. The number of ether oxygens (including phenoxy) is 1. The van der Waals surface area contributed by atoms with Gasteiger partial charge in [0.1, 0.15) is 17.6 Å². The number of hydrogen-bond donors (Lipinski definition) is 0. The number of halogens is 3. The number of aryl methyl sites for hydroxylation is 1. The Morgan fingerprint density at radius 2 is 1.89 bits per heavy atom. The summed E-state index contributed by atoms with van der Waals surface area (Å²) >= 11 is 2.99. The zero-order valence-electron chi connectivity index (χ0n) is 9.88.